The summed E-state index contributed by atoms with van der Waals surface area (Å²) in [5.74, 6) is 0.675. The van der Waals surface area contributed by atoms with Gasteiger partial charge in [0, 0.05) is 4.83 Å². The van der Waals surface area contributed by atoms with Crippen LogP contribution in [-0.2, 0) is 16.0 Å². The predicted molar refractivity (Wildman–Crippen MR) is 75.5 cm³/mol. The van der Waals surface area contributed by atoms with Gasteiger partial charge in [0.15, 0.2) is 0 Å². The van der Waals surface area contributed by atoms with Crippen molar-refractivity contribution < 1.29 is 14.3 Å². The second-order valence-electron chi connectivity index (χ2n) is 4.32. The van der Waals surface area contributed by atoms with Crippen LogP contribution >= 0.6 is 15.9 Å². The highest BCUT2D eigenvalue weighted by atomic mass is 79.9. The number of benzene rings is 1. The number of esters is 1. The second-order valence-corrected chi connectivity index (χ2v) is 5.62. The number of rotatable bonds is 5. The van der Waals surface area contributed by atoms with E-state index in [9.17, 15) is 4.79 Å². The van der Waals surface area contributed by atoms with Gasteiger partial charge in [-0.25, -0.2) is 0 Å². The molecular weight excluding hydrogens is 296 g/mol. The maximum Gasteiger partial charge on any atom is 0.306 e. The lowest BCUT2D eigenvalue weighted by Gasteiger charge is -2.15. The van der Waals surface area contributed by atoms with E-state index in [1.807, 2.05) is 12.1 Å². The van der Waals surface area contributed by atoms with Crippen LogP contribution in [-0.4, -0.2) is 25.0 Å². The Balaban J connectivity index is 2.81. The molecule has 0 bridgehead atoms. The summed E-state index contributed by atoms with van der Waals surface area (Å²) < 4.78 is 9.90. The molecule has 0 aromatic heterocycles. The largest absolute Gasteiger partial charge is 0.497 e. The van der Waals surface area contributed by atoms with Crippen LogP contribution in [0.1, 0.15) is 23.1 Å². The van der Waals surface area contributed by atoms with E-state index in [0.29, 0.717) is 6.42 Å². The van der Waals surface area contributed by atoms with Crippen LogP contribution in [0.3, 0.4) is 0 Å². The van der Waals surface area contributed by atoms with Crippen molar-refractivity contribution >= 4 is 21.9 Å². The highest BCUT2D eigenvalue weighted by Gasteiger charge is 2.14. The molecule has 0 spiro atoms. The zero-order valence-electron chi connectivity index (χ0n) is 11.2. The SMILES string of the molecule is COC(=O)CC(Br)Cc1c(C)cc(OC)cc1C. The molecular formula is C14H19BrO3. The normalized spacial score (nSPS) is 12.1. The van der Waals surface area contributed by atoms with E-state index in [0.717, 1.165) is 12.2 Å². The van der Waals surface area contributed by atoms with E-state index in [1.165, 1.54) is 23.8 Å². The summed E-state index contributed by atoms with van der Waals surface area (Å²) in [6.45, 7) is 4.12. The number of ether oxygens (including phenoxy) is 2. The van der Waals surface area contributed by atoms with E-state index in [4.69, 9.17) is 4.74 Å². The molecule has 0 heterocycles. The Kier molecular flexibility index (Phi) is 5.66. The van der Waals surface area contributed by atoms with Crippen molar-refractivity contribution in [3.63, 3.8) is 0 Å². The zero-order valence-corrected chi connectivity index (χ0v) is 12.8. The van der Waals surface area contributed by atoms with Gasteiger partial charge in [-0.1, -0.05) is 15.9 Å². The molecule has 1 unspecified atom stereocenters. The summed E-state index contributed by atoms with van der Waals surface area (Å²) in [6, 6.07) is 4.03. The maximum atomic E-state index is 11.2. The Hall–Kier alpha value is -1.03. The quantitative estimate of drug-likeness (QED) is 0.618. The van der Waals surface area contributed by atoms with E-state index < -0.39 is 0 Å². The molecule has 3 nitrogen and oxygen atoms in total. The van der Waals surface area contributed by atoms with Gasteiger partial charge in [0.05, 0.1) is 20.6 Å². The minimum atomic E-state index is -0.194. The molecule has 0 aliphatic rings. The number of carbonyl (C=O) groups excluding carboxylic acids is 1. The summed E-state index contributed by atoms with van der Waals surface area (Å²) in [5.41, 5.74) is 3.61. The molecule has 0 saturated carbocycles. The third kappa shape index (κ3) is 4.02. The van der Waals surface area contributed by atoms with Crippen molar-refractivity contribution in [1.82, 2.24) is 0 Å². The van der Waals surface area contributed by atoms with Gasteiger partial charge >= 0.3 is 5.97 Å². The molecule has 0 radical (unpaired) electrons. The fraction of sp³-hybridized carbons (Fsp3) is 0.500. The van der Waals surface area contributed by atoms with Crippen LogP contribution in [0.15, 0.2) is 12.1 Å². The highest BCUT2D eigenvalue weighted by Crippen LogP contribution is 2.25. The van der Waals surface area contributed by atoms with Crippen molar-refractivity contribution in [3.05, 3.63) is 28.8 Å². The van der Waals surface area contributed by atoms with Gasteiger partial charge in [0.2, 0.25) is 0 Å². The minimum Gasteiger partial charge on any atom is -0.497 e. The van der Waals surface area contributed by atoms with Crippen LogP contribution in [0.4, 0.5) is 0 Å². The summed E-state index contributed by atoms with van der Waals surface area (Å²) in [7, 11) is 3.07. The molecule has 0 aliphatic carbocycles. The first-order valence-electron chi connectivity index (χ1n) is 5.83. The molecule has 100 valence electrons. The molecule has 0 N–H and O–H groups in total. The minimum absolute atomic E-state index is 0.0933. The fourth-order valence-corrected chi connectivity index (χ4v) is 2.54. The third-order valence-electron chi connectivity index (χ3n) is 2.95. The van der Waals surface area contributed by atoms with E-state index in [2.05, 4.69) is 34.5 Å². The number of alkyl halides is 1. The Labute approximate surface area is 117 Å². The summed E-state index contributed by atoms with van der Waals surface area (Å²) >= 11 is 3.53. The molecule has 1 rings (SSSR count). The number of hydrogen-bond donors (Lipinski definition) is 0. The van der Waals surface area contributed by atoms with Crippen molar-refractivity contribution in [3.8, 4) is 5.75 Å². The lowest BCUT2D eigenvalue weighted by Crippen LogP contribution is -2.13. The van der Waals surface area contributed by atoms with Gasteiger partial charge in [0.25, 0.3) is 0 Å². The van der Waals surface area contributed by atoms with Gasteiger partial charge in [0.1, 0.15) is 5.75 Å². The lowest BCUT2D eigenvalue weighted by molar-refractivity contribution is -0.140. The molecule has 0 amide bonds. The molecule has 0 saturated heterocycles. The first-order chi connectivity index (χ1) is 8.47. The first-order valence-corrected chi connectivity index (χ1v) is 6.74. The Bertz CT molecular complexity index is 406. The first kappa shape index (κ1) is 15.0. The smallest absolute Gasteiger partial charge is 0.306 e. The van der Waals surface area contributed by atoms with Gasteiger partial charge < -0.3 is 9.47 Å². The molecule has 18 heavy (non-hydrogen) atoms. The second kappa shape index (κ2) is 6.78. The molecule has 0 aliphatic heterocycles. The standard InChI is InChI=1S/C14H19BrO3/c1-9-5-12(17-3)6-10(2)13(9)7-11(15)8-14(16)18-4/h5-6,11H,7-8H2,1-4H3. The topological polar surface area (TPSA) is 35.5 Å². The van der Waals surface area contributed by atoms with Crippen LogP contribution in [0, 0.1) is 13.8 Å². The van der Waals surface area contributed by atoms with Gasteiger partial charge in [-0.2, -0.15) is 0 Å². The Morgan fingerprint density at radius 1 is 1.28 bits per heavy atom. The fourth-order valence-electron chi connectivity index (χ4n) is 1.95. The average molecular weight is 315 g/mol. The monoisotopic (exact) mass is 314 g/mol. The van der Waals surface area contributed by atoms with E-state index in [1.54, 1.807) is 7.11 Å². The Morgan fingerprint density at radius 2 is 1.83 bits per heavy atom. The van der Waals surface area contributed by atoms with Crippen molar-refractivity contribution in [2.24, 2.45) is 0 Å². The van der Waals surface area contributed by atoms with E-state index >= 15 is 0 Å². The average Bonchev–Trinajstić information content (AvgIpc) is 2.33. The van der Waals surface area contributed by atoms with Gasteiger partial charge in [-0.3, -0.25) is 4.79 Å². The summed E-state index contributed by atoms with van der Waals surface area (Å²) in [6.07, 6.45) is 1.18. The number of halogens is 1. The van der Waals surface area contributed by atoms with Gasteiger partial charge in [-0.05, 0) is 49.1 Å². The molecule has 0 fully saturated rings. The van der Waals surface area contributed by atoms with Crippen molar-refractivity contribution in [2.45, 2.75) is 31.5 Å². The highest BCUT2D eigenvalue weighted by molar-refractivity contribution is 9.09. The molecule has 1 aromatic rings. The summed E-state index contributed by atoms with van der Waals surface area (Å²) in [5, 5.41) is 0. The maximum absolute atomic E-state index is 11.2. The van der Waals surface area contributed by atoms with Crippen LogP contribution in [0.25, 0.3) is 0 Å². The number of hydrogen-bond acceptors (Lipinski definition) is 3. The van der Waals surface area contributed by atoms with Crippen LogP contribution in [0.2, 0.25) is 0 Å². The third-order valence-corrected chi connectivity index (χ3v) is 3.59. The zero-order chi connectivity index (χ0) is 13.7. The van der Waals surface area contributed by atoms with Crippen LogP contribution < -0.4 is 4.74 Å². The number of aryl methyl sites for hydroxylation is 2. The number of carbonyl (C=O) groups is 1. The molecule has 1 atom stereocenters. The molecule has 1 aromatic carbocycles. The molecule has 4 heteroatoms. The van der Waals surface area contributed by atoms with E-state index in [-0.39, 0.29) is 10.8 Å². The summed E-state index contributed by atoms with van der Waals surface area (Å²) in [4.78, 5) is 11.3. The predicted octanol–water partition coefficient (Wildman–Crippen LogP) is 3.18. The number of methoxy groups -OCH3 is 2. The van der Waals surface area contributed by atoms with Crippen molar-refractivity contribution in [2.75, 3.05) is 14.2 Å². The lowest BCUT2D eigenvalue weighted by atomic mass is 9.97. The van der Waals surface area contributed by atoms with Gasteiger partial charge in [-0.15, -0.1) is 0 Å². The Morgan fingerprint density at radius 3 is 2.28 bits per heavy atom. The van der Waals surface area contributed by atoms with Crippen LogP contribution in [0.5, 0.6) is 5.75 Å². The van der Waals surface area contributed by atoms with Crippen molar-refractivity contribution in [1.29, 1.82) is 0 Å².